The standard InChI is InChI=1S/C18H17N/c19-18-11-5-10-17(13-18)16-9-4-8-15(12-16)14-6-2-1-3-7-14/h1-7,9-13,15H,8,19H2. The summed E-state index contributed by atoms with van der Waals surface area (Å²) in [4.78, 5) is 0. The van der Waals surface area contributed by atoms with Crippen LogP contribution < -0.4 is 5.73 Å². The van der Waals surface area contributed by atoms with Crippen LogP contribution in [0.15, 0.2) is 72.8 Å². The lowest BCUT2D eigenvalue weighted by Gasteiger charge is -2.17. The van der Waals surface area contributed by atoms with Gasteiger partial charge in [-0.15, -0.1) is 0 Å². The molecule has 94 valence electrons. The van der Waals surface area contributed by atoms with E-state index in [9.17, 15) is 0 Å². The minimum Gasteiger partial charge on any atom is -0.399 e. The van der Waals surface area contributed by atoms with E-state index in [0.717, 1.165) is 12.1 Å². The minimum atomic E-state index is 0.461. The van der Waals surface area contributed by atoms with Crippen LogP contribution in [-0.4, -0.2) is 0 Å². The first-order valence-electron chi connectivity index (χ1n) is 6.62. The molecule has 1 aliphatic carbocycles. The molecule has 2 aromatic carbocycles. The van der Waals surface area contributed by atoms with Gasteiger partial charge < -0.3 is 5.73 Å². The van der Waals surface area contributed by atoms with Crippen molar-refractivity contribution in [3.05, 3.63) is 84.0 Å². The Hall–Kier alpha value is -2.28. The zero-order valence-corrected chi connectivity index (χ0v) is 10.8. The van der Waals surface area contributed by atoms with Gasteiger partial charge in [0.15, 0.2) is 0 Å². The fraction of sp³-hybridized carbons (Fsp3) is 0.111. The lowest BCUT2D eigenvalue weighted by atomic mass is 9.87. The predicted molar refractivity (Wildman–Crippen MR) is 81.8 cm³/mol. The van der Waals surface area contributed by atoms with Crippen LogP contribution in [-0.2, 0) is 0 Å². The third-order valence-corrected chi connectivity index (χ3v) is 3.52. The number of nitrogen functional groups attached to an aromatic ring is 1. The van der Waals surface area contributed by atoms with Gasteiger partial charge in [-0.05, 0) is 35.3 Å². The Morgan fingerprint density at radius 3 is 2.58 bits per heavy atom. The van der Waals surface area contributed by atoms with E-state index < -0.39 is 0 Å². The fourth-order valence-electron chi connectivity index (χ4n) is 2.53. The number of rotatable bonds is 2. The average molecular weight is 247 g/mol. The van der Waals surface area contributed by atoms with E-state index in [1.54, 1.807) is 0 Å². The van der Waals surface area contributed by atoms with E-state index >= 15 is 0 Å². The Balaban J connectivity index is 1.94. The van der Waals surface area contributed by atoms with Crippen LogP contribution >= 0.6 is 0 Å². The summed E-state index contributed by atoms with van der Waals surface area (Å²) >= 11 is 0. The van der Waals surface area contributed by atoms with Crippen molar-refractivity contribution in [3.63, 3.8) is 0 Å². The molecule has 3 rings (SSSR count). The average Bonchev–Trinajstić information content (AvgIpc) is 2.48. The highest BCUT2D eigenvalue weighted by Crippen LogP contribution is 2.31. The topological polar surface area (TPSA) is 26.0 Å². The molecule has 1 atom stereocenters. The summed E-state index contributed by atoms with van der Waals surface area (Å²) < 4.78 is 0. The summed E-state index contributed by atoms with van der Waals surface area (Å²) in [7, 11) is 0. The van der Waals surface area contributed by atoms with Crippen molar-refractivity contribution in [2.45, 2.75) is 12.3 Å². The number of anilines is 1. The summed E-state index contributed by atoms with van der Waals surface area (Å²) in [6, 6.07) is 18.7. The van der Waals surface area contributed by atoms with E-state index in [-0.39, 0.29) is 0 Å². The van der Waals surface area contributed by atoms with Crippen LogP contribution in [0, 0.1) is 0 Å². The van der Waals surface area contributed by atoms with Crippen molar-refractivity contribution in [3.8, 4) is 0 Å². The SMILES string of the molecule is Nc1cccc(C2=CC(c3ccccc3)CC=C2)c1. The lowest BCUT2D eigenvalue weighted by molar-refractivity contribution is 0.857. The van der Waals surface area contributed by atoms with Gasteiger partial charge >= 0.3 is 0 Å². The molecule has 0 bridgehead atoms. The molecule has 0 saturated carbocycles. The predicted octanol–water partition coefficient (Wildman–Crippen LogP) is 4.40. The van der Waals surface area contributed by atoms with Gasteiger partial charge in [0, 0.05) is 11.6 Å². The highest BCUT2D eigenvalue weighted by molar-refractivity contribution is 5.77. The summed E-state index contributed by atoms with van der Waals surface area (Å²) in [5, 5.41) is 0. The van der Waals surface area contributed by atoms with Gasteiger partial charge in [0.25, 0.3) is 0 Å². The fourth-order valence-corrected chi connectivity index (χ4v) is 2.53. The molecule has 2 N–H and O–H groups in total. The monoisotopic (exact) mass is 247 g/mol. The summed E-state index contributed by atoms with van der Waals surface area (Å²) in [6.45, 7) is 0. The van der Waals surface area contributed by atoms with Gasteiger partial charge in [0.1, 0.15) is 0 Å². The van der Waals surface area contributed by atoms with Crippen molar-refractivity contribution >= 4 is 11.3 Å². The second kappa shape index (κ2) is 5.15. The van der Waals surface area contributed by atoms with E-state index in [2.05, 4.69) is 54.6 Å². The molecule has 0 amide bonds. The molecule has 0 aliphatic heterocycles. The van der Waals surface area contributed by atoms with Crippen molar-refractivity contribution in [2.75, 3.05) is 5.73 Å². The van der Waals surface area contributed by atoms with Crippen LogP contribution in [0.3, 0.4) is 0 Å². The molecule has 0 fully saturated rings. The van der Waals surface area contributed by atoms with E-state index in [4.69, 9.17) is 5.73 Å². The molecule has 2 aromatic rings. The van der Waals surface area contributed by atoms with Gasteiger partial charge in [-0.3, -0.25) is 0 Å². The largest absolute Gasteiger partial charge is 0.399 e. The van der Waals surface area contributed by atoms with E-state index in [1.807, 2.05) is 18.2 Å². The molecule has 0 heterocycles. The zero-order chi connectivity index (χ0) is 13.1. The van der Waals surface area contributed by atoms with Crippen molar-refractivity contribution in [2.24, 2.45) is 0 Å². The van der Waals surface area contributed by atoms with Crippen LogP contribution in [0.1, 0.15) is 23.5 Å². The molecule has 0 aromatic heterocycles. The zero-order valence-electron chi connectivity index (χ0n) is 10.8. The molecule has 1 nitrogen and oxygen atoms in total. The third-order valence-electron chi connectivity index (χ3n) is 3.52. The van der Waals surface area contributed by atoms with Crippen LogP contribution in [0.4, 0.5) is 5.69 Å². The lowest BCUT2D eigenvalue weighted by Crippen LogP contribution is -1.99. The Labute approximate surface area is 114 Å². The number of hydrogen-bond acceptors (Lipinski definition) is 1. The maximum absolute atomic E-state index is 5.86. The Bertz CT molecular complexity index is 623. The van der Waals surface area contributed by atoms with Crippen molar-refractivity contribution in [1.82, 2.24) is 0 Å². The maximum atomic E-state index is 5.86. The quantitative estimate of drug-likeness (QED) is 0.782. The van der Waals surface area contributed by atoms with Gasteiger partial charge in [-0.1, -0.05) is 60.7 Å². The van der Waals surface area contributed by atoms with E-state index in [1.165, 1.54) is 16.7 Å². The van der Waals surface area contributed by atoms with Gasteiger partial charge in [0.2, 0.25) is 0 Å². The smallest absolute Gasteiger partial charge is 0.0320 e. The molecule has 19 heavy (non-hydrogen) atoms. The van der Waals surface area contributed by atoms with Gasteiger partial charge in [-0.2, -0.15) is 0 Å². The van der Waals surface area contributed by atoms with Crippen molar-refractivity contribution < 1.29 is 0 Å². The summed E-state index contributed by atoms with van der Waals surface area (Å²) in [5.74, 6) is 0.461. The number of hydrogen-bond donors (Lipinski definition) is 1. The maximum Gasteiger partial charge on any atom is 0.0320 e. The molecule has 0 saturated heterocycles. The Morgan fingerprint density at radius 1 is 0.947 bits per heavy atom. The van der Waals surface area contributed by atoms with Crippen LogP contribution in [0.5, 0.6) is 0 Å². The van der Waals surface area contributed by atoms with Crippen LogP contribution in [0.25, 0.3) is 5.57 Å². The summed E-state index contributed by atoms with van der Waals surface area (Å²) in [6.07, 6.45) is 7.84. The Kier molecular flexibility index (Phi) is 3.20. The first kappa shape index (κ1) is 11.8. The molecule has 1 heteroatoms. The van der Waals surface area contributed by atoms with Gasteiger partial charge in [0.05, 0.1) is 0 Å². The normalized spacial score (nSPS) is 18.1. The summed E-state index contributed by atoms with van der Waals surface area (Å²) in [5.41, 5.74) is 10.5. The highest BCUT2D eigenvalue weighted by Gasteiger charge is 2.12. The van der Waals surface area contributed by atoms with Gasteiger partial charge in [-0.25, -0.2) is 0 Å². The number of benzene rings is 2. The van der Waals surface area contributed by atoms with Crippen LogP contribution in [0.2, 0.25) is 0 Å². The molecule has 0 spiro atoms. The second-order valence-electron chi connectivity index (χ2n) is 4.90. The molecular formula is C18H17N. The molecule has 1 unspecified atom stereocenters. The Morgan fingerprint density at radius 2 is 1.79 bits per heavy atom. The first-order valence-corrected chi connectivity index (χ1v) is 6.62. The number of nitrogens with two attached hydrogens (primary N) is 1. The highest BCUT2D eigenvalue weighted by atomic mass is 14.5. The van der Waals surface area contributed by atoms with E-state index in [0.29, 0.717) is 5.92 Å². The molecule has 0 radical (unpaired) electrons. The number of allylic oxidation sites excluding steroid dienone is 4. The molecule has 1 aliphatic rings. The first-order chi connectivity index (χ1) is 9.33. The molecular weight excluding hydrogens is 230 g/mol. The van der Waals surface area contributed by atoms with Crippen molar-refractivity contribution in [1.29, 1.82) is 0 Å². The minimum absolute atomic E-state index is 0.461. The third kappa shape index (κ3) is 2.60. The second-order valence-corrected chi connectivity index (χ2v) is 4.90.